The van der Waals surface area contributed by atoms with E-state index < -0.39 is 21.1 Å². The molecule has 0 aromatic rings. The topological polar surface area (TPSA) is 126 Å². The quantitative estimate of drug-likeness (QED) is 0.228. The van der Waals surface area contributed by atoms with Crippen molar-refractivity contribution in [3.63, 3.8) is 0 Å². The molecule has 5 N–H and O–H groups in total. The maximum Gasteiger partial charge on any atom is 0.282 e. The number of quaternary nitrogens is 1. The van der Waals surface area contributed by atoms with E-state index in [0.717, 1.165) is 0 Å². The van der Waals surface area contributed by atoms with Crippen LogP contribution in [0.2, 0.25) is 0 Å². The molecule has 7 heteroatoms. The van der Waals surface area contributed by atoms with E-state index in [2.05, 4.69) is 32.8 Å². The molecule has 66 valence electrons. The molecule has 0 radical (unpaired) electrons. The van der Waals surface area contributed by atoms with Gasteiger partial charge in [0, 0.05) is 0 Å². The number of nitrogens with two attached hydrogens (primary N) is 2. The van der Waals surface area contributed by atoms with Crippen LogP contribution in [0.4, 0.5) is 0 Å². The first-order valence-electron chi connectivity index (χ1n) is 2.30. The van der Waals surface area contributed by atoms with Gasteiger partial charge in [0.15, 0.2) is 0 Å². The van der Waals surface area contributed by atoms with Gasteiger partial charge in [-0.25, -0.2) is 0 Å². The van der Waals surface area contributed by atoms with Gasteiger partial charge in [-0.15, -0.1) is 0 Å². The Kier molecular flexibility index (Phi) is 27.3. The Morgan fingerprint density at radius 3 is 1.00 bits per heavy atom. The van der Waals surface area contributed by atoms with Gasteiger partial charge in [-0.1, -0.05) is 0 Å². The molecule has 0 heterocycles. The van der Waals surface area contributed by atoms with Crippen molar-refractivity contribution in [1.82, 2.24) is 0 Å². The largest absolute Gasteiger partial charge is 0.427 e. The summed E-state index contributed by atoms with van der Waals surface area (Å²) < 4.78 is 25.7. The number of hydrogen-bond acceptors (Lipinski definition) is 5. The molecule has 0 aromatic carbocycles. The van der Waals surface area contributed by atoms with Crippen LogP contribution < -0.4 is 48.0 Å². The van der Waals surface area contributed by atoms with Gasteiger partial charge in [0.1, 0.15) is 0 Å². The molecule has 0 aromatic heterocycles. The van der Waals surface area contributed by atoms with Crippen molar-refractivity contribution in [1.29, 1.82) is 0 Å². The predicted octanol–water partition coefficient (Wildman–Crippen LogP) is -8.98. The lowest BCUT2D eigenvalue weighted by Gasteiger charge is -1.88. The predicted molar refractivity (Wildman–Crippen MR) is 27.1 cm³/mol. The first kappa shape index (κ1) is 16.8. The molecular weight excluding hydrogens is 253 g/mol. The highest BCUT2D eigenvalue weighted by Crippen LogP contribution is 0.864. The molecule has 0 rings (SSSR count). The fraction of sp³-hybridized carbons (Fsp3) is 1.00. The van der Waals surface area contributed by atoms with Crippen LogP contribution in [0.15, 0.2) is 0 Å². The van der Waals surface area contributed by atoms with Crippen molar-refractivity contribution in [3.8, 4) is 0 Å². The van der Waals surface area contributed by atoms with Crippen LogP contribution >= 0.6 is 0 Å². The second kappa shape index (κ2) is 16.2. The summed E-state index contributed by atoms with van der Waals surface area (Å²) in [5.41, 5.74) is 0. The Hall–Kier alpha value is 0.490. The van der Waals surface area contributed by atoms with E-state index in [9.17, 15) is 0 Å². The van der Waals surface area contributed by atoms with Crippen molar-refractivity contribution in [3.05, 3.63) is 0 Å². The fourth-order valence-electron chi connectivity index (χ4n) is 0. The van der Waals surface area contributed by atoms with Gasteiger partial charge >= 0.3 is 0 Å². The summed E-state index contributed by atoms with van der Waals surface area (Å²) in [7, 11) is 6.25. The highest BCUT2D eigenvalue weighted by Gasteiger charge is 1.70. The molecule has 0 unspecified atom stereocenters. The van der Waals surface area contributed by atoms with Crippen LogP contribution in [-0.2, 0) is 0 Å². The minimum atomic E-state index is -4.01. The maximum absolute atomic E-state index is 8.57. The van der Waals surface area contributed by atoms with Crippen molar-refractivity contribution < 1.29 is 36.3 Å². The first-order chi connectivity index (χ1) is 4.46. The lowest BCUT2D eigenvalue weighted by atomic mass is 11.0. The lowest BCUT2D eigenvalue weighted by Crippen LogP contribution is -4.05. The van der Waals surface area contributed by atoms with Crippen molar-refractivity contribution >= 4 is 0 Å². The van der Waals surface area contributed by atoms with Gasteiger partial charge < -0.3 is 15.2 Å². The minimum absolute atomic E-state index is 1.42. The zero-order chi connectivity index (χ0) is 9.15. The van der Waals surface area contributed by atoms with Crippen molar-refractivity contribution in [2.75, 3.05) is 21.1 Å². The molecule has 0 bridgehead atoms. The Labute approximate surface area is 69.4 Å². The number of halogens is 1. The summed E-state index contributed by atoms with van der Waals surface area (Å²) >= 11 is -4.01. The Morgan fingerprint density at radius 2 is 1.00 bits per heavy atom. The van der Waals surface area contributed by atoms with E-state index >= 15 is 0 Å². The summed E-state index contributed by atoms with van der Waals surface area (Å²) in [4.78, 5) is 1.42. The van der Waals surface area contributed by atoms with E-state index in [-0.39, 0.29) is 0 Å². The SMILES string of the molecule is C[NH+](C)C.NN.[O-][I+2]([O-])[O-]. The van der Waals surface area contributed by atoms with Crippen LogP contribution in [0, 0.1) is 0 Å². The van der Waals surface area contributed by atoms with Gasteiger partial charge in [-0.3, -0.25) is 11.7 Å². The number of rotatable bonds is 0. The smallest absolute Gasteiger partial charge is 0.282 e. The number of hydrogen-bond donors (Lipinski definition) is 3. The Bertz CT molecular complexity index is 34.5. The molecule has 0 fully saturated rings. The van der Waals surface area contributed by atoms with Crippen LogP contribution in [0.3, 0.4) is 0 Å². The van der Waals surface area contributed by atoms with Gasteiger partial charge in [-0.05, 0) is 0 Å². The summed E-state index contributed by atoms with van der Waals surface area (Å²) in [6.07, 6.45) is 0. The van der Waals surface area contributed by atoms with E-state index in [0.29, 0.717) is 0 Å². The standard InChI is InChI=1S/C3H9N.IO3.H4N2/c1-4(2)3;2-1(3)4;1-2/h1-3H3;;1-2H2/q;-1;/p+1. The van der Waals surface area contributed by atoms with E-state index in [4.69, 9.17) is 10.3 Å². The highest BCUT2D eigenvalue weighted by molar-refractivity contribution is 3.59. The molecule has 0 aliphatic carbocycles. The maximum atomic E-state index is 8.57. The average Bonchev–Trinajstić information content (AvgIpc) is 1.66. The van der Waals surface area contributed by atoms with E-state index in [1.165, 1.54) is 4.90 Å². The third-order valence-electron chi connectivity index (χ3n) is 0. The molecule has 0 aliphatic heterocycles. The molecule has 0 saturated heterocycles. The number of nitrogens with one attached hydrogen (secondary N) is 1. The van der Waals surface area contributed by atoms with Crippen LogP contribution in [0.1, 0.15) is 0 Å². The second-order valence-corrected chi connectivity index (χ2v) is 2.77. The summed E-state index contributed by atoms with van der Waals surface area (Å²) in [5, 5.41) is 0. The second-order valence-electron chi connectivity index (χ2n) is 1.69. The van der Waals surface area contributed by atoms with E-state index in [1.807, 2.05) is 0 Å². The van der Waals surface area contributed by atoms with Crippen LogP contribution in [0.25, 0.3) is 0 Å². The molecule has 0 saturated carbocycles. The Morgan fingerprint density at radius 1 is 1.00 bits per heavy atom. The molecule has 0 aliphatic rings. The summed E-state index contributed by atoms with van der Waals surface area (Å²) in [6.45, 7) is 0. The van der Waals surface area contributed by atoms with Gasteiger partial charge in [0.25, 0.3) is 21.1 Å². The van der Waals surface area contributed by atoms with Gasteiger partial charge in [0.2, 0.25) is 0 Å². The number of hydrazine groups is 1. The molecule has 6 nitrogen and oxygen atoms in total. The molecular formula is C3H14IN3O3. The van der Waals surface area contributed by atoms with Gasteiger partial charge in [-0.2, -0.15) is 0 Å². The molecule has 0 amide bonds. The van der Waals surface area contributed by atoms with Gasteiger partial charge in [0.05, 0.1) is 21.1 Å². The Balaban J connectivity index is -0.0000000787. The lowest BCUT2D eigenvalue weighted by molar-refractivity contribution is -1.73. The van der Waals surface area contributed by atoms with Crippen LogP contribution in [-0.4, -0.2) is 21.1 Å². The third kappa shape index (κ3) is 1980. The normalized spacial score (nSPS) is 7.80. The first-order valence-corrected chi connectivity index (χ1v) is 4.94. The summed E-state index contributed by atoms with van der Waals surface area (Å²) in [5.74, 6) is 8.00. The van der Waals surface area contributed by atoms with Crippen molar-refractivity contribution in [2.45, 2.75) is 0 Å². The minimum Gasteiger partial charge on any atom is -0.427 e. The van der Waals surface area contributed by atoms with Crippen molar-refractivity contribution in [2.24, 2.45) is 11.7 Å². The van der Waals surface area contributed by atoms with Crippen LogP contribution in [0.5, 0.6) is 0 Å². The summed E-state index contributed by atoms with van der Waals surface area (Å²) in [6, 6.07) is 0. The fourth-order valence-corrected chi connectivity index (χ4v) is 0. The highest BCUT2D eigenvalue weighted by atomic mass is 127. The zero-order valence-electron chi connectivity index (χ0n) is 6.26. The molecule has 0 spiro atoms. The zero-order valence-corrected chi connectivity index (χ0v) is 8.41. The molecule has 10 heavy (non-hydrogen) atoms. The third-order valence-corrected chi connectivity index (χ3v) is 0. The monoisotopic (exact) mass is 267 g/mol. The average molecular weight is 267 g/mol. The molecule has 0 atom stereocenters. The van der Waals surface area contributed by atoms with E-state index in [1.54, 1.807) is 0 Å².